The number of aliphatic hydroxyl groups excluding tert-OH is 1. The van der Waals surface area contributed by atoms with E-state index in [0.717, 1.165) is 6.07 Å². The first kappa shape index (κ1) is 19.2. The van der Waals surface area contributed by atoms with Gasteiger partial charge >= 0.3 is 19.1 Å². The minimum absolute atomic E-state index is 0.129. The van der Waals surface area contributed by atoms with Gasteiger partial charge in [0.15, 0.2) is 0 Å². The predicted molar refractivity (Wildman–Crippen MR) is 91.5 cm³/mol. The van der Waals surface area contributed by atoms with Crippen LogP contribution in [0.15, 0.2) is 23.7 Å². The van der Waals surface area contributed by atoms with Crippen molar-refractivity contribution in [1.82, 2.24) is 0 Å². The maximum Gasteiger partial charge on any atom is 0.492 e. The second kappa shape index (κ2) is 6.63. The highest BCUT2D eigenvalue weighted by atomic mass is 16.7. The molecule has 1 aromatic rings. The molecule has 0 aromatic heterocycles. The summed E-state index contributed by atoms with van der Waals surface area (Å²) in [6.45, 7) is 7.08. The molecule has 134 valence electrons. The quantitative estimate of drug-likeness (QED) is 0.698. The molecule has 1 aliphatic heterocycles. The summed E-state index contributed by atoms with van der Waals surface area (Å²) in [7, 11) is -0.823. The number of hydrogen-bond acceptors (Lipinski definition) is 5. The van der Waals surface area contributed by atoms with Crippen LogP contribution in [-0.4, -0.2) is 52.2 Å². The number of rotatable bonds is 5. The van der Waals surface area contributed by atoms with Crippen LogP contribution in [0.1, 0.15) is 54.0 Å². The van der Waals surface area contributed by atoms with Gasteiger partial charge in [0.05, 0.1) is 28.9 Å². The van der Waals surface area contributed by atoms with Crippen molar-refractivity contribution in [2.75, 3.05) is 6.61 Å². The lowest BCUT2D eigenvalue weighted by atomic mass is 9.77. The minimum Gasteiger partial charge on any atom is -0.478 e. The second-order valence-corrected chi connectivity index (χ2v) is 6.88. The van der Waals surface area contributed by atoms with Crippen LogP contribution in [0.2, 0.25) is 0 Å². The molecule has 2 rings (SSSR count). The van der Waals surface area contributed by atoms with Crippen LogP contribution in [0.25, 0.3) is 6.08 Å². The standard InChI is InChI=1S/C17H21BO7/c1-16(2)17(3,4)25-18(24-16)12(9-19)7-10-5-6-11(14(20)21)8-13(10)15(22)23/h5-8,19H,9H2,1-4H3,(H,20,21)(H,22,23). The van der Waals surface area contributed by atoms with E-state index in [2.05, 4.69) is 0 Å². The molecule has 0 atom stereocenters. The normalized spacial score (nSPS) is 19.1. The monoisotopic (exact) mass is 348 g/mol. The van der Waals surface area contributed by atoms with E-state index >= 15 is 0 Å². The fourth-order valence-electron chi connectivity index (χ4n) is 2.38. The van der Waals surface area contributed by atoms with Crippen LogP contribution in [0.4, 0.5) is 0 Å². The molecule has 0 unspecified atom stereocenters. The van der Waals surface area contributed by atoms with Crippen LogP contribution >= 0.6 is 0 Å². The molecule has 0 spiro atoms. The van der Waals surface area contributed by atoms with Crippen molar-refractivity contribution in [3.05, 3.63) is 40.4 Å². The SMILES string of the molecule is CC1(C)OB(C(=Cc2ccc(C(=O)O)cc2C(=O)O)CO)OC1(C)C. The summed E-state index contributed by atoms with van der Waals surface area (Å²) in [5.74, 6) is -2.48. The van der Waals surface area contributed by atoms with Crippen LogP contribution in [-0.2, 0) is 9.31 Å². The molecule has 1 fully saturated rings. The van der Waals surface area contributed by atoms with Crippen molar-refractivity contribution >= 4 is 25.1 Å². The van der Waals surface area contributed by atoms with Gasteiger partial charge in [-0.15, -0.1) is 0 Å². The smallest absolute Gasteiger partial charge is 0.478 e. The number of carboxylic acids is 2. The Morgan fingerprint density at radius 3 is 2.08 bits per heavy atom. The van der Waals surface area contributed by atoms with Crippen molar-refractivity contribution in [2.24, 2.45) is 0 Å². The maximum atomic E-state index is 11.4. The first-order valence-corrected chi connectivity index (χ1v) is 7.76. The molecular formula is C17H21BO7. The molecule has 7 nitrogen and oxygen atoms in total. The highest BCUT2D eigenvalue weighted by Crippen LogP contribution is 2.38. The van der Waals surface area contributed by atoms with Crippen LogP contribution in [0, 0.1) is 0 Å². The summed E-state index contributed by atoms with van der Waals surface area (Å²) in [4.78, 5) is 22.5. The molecule has 1 aromatic carbocycles. The van der Waals surface area contributed by atoms with Crippen LogP contribution in [0.5, 0.6) is 0 Å². The van der Waals surface area contributed by atoms with Crippen LogP contribution in [0.3, 0.4) is 0 Å². The van der Waals surface area contributed by atoms with Gasteiger partial charge in [-0.25, -0.2) is 9.59 Å². The van der Waals surface area contributed by atoms with Crippen molar-refractivity contribution in [3.63, 3.8) is 0 Å². The molecule has 0 aliphatic carbocycles. The molecule has 8 heteroatoms. The molecular weight excluding hydrogens is 327 g/mol. The Kier molecular flexibility index (Phi) is 5.08. The third-order valence-corrected chi connectivity index (χ3v) is 4.61. The topological polar surface area (TPSA) is 113 Å². The Bertz CT molecular complexity index is 721. The molecule has 0 saturated carbocycles. The second-order valence-electron chi connectivity index (χ2n) is 6.88. The van der Waals surface area contributed by atoms with E-state index in [1.54, 1.807) is 0 Å². The van der Waals surface area contributed by atoms with Gasteiger partial charge in [-0.3, -0.25) is 0 Å². The van der Waals surface area contributed by atoms with E-state index in [-0.39, 0.29) is 16.7 Å². The average Bonchev–Trinajstić information content (AvgIpc) is 2.72. The number of carbonyl (C=O) groups is 2. The predicted octanol–water partition coefficient (Wildman–Crippen LogP) is 2.09. The highest BCUT2D eigenvalue weighted by Gasteiger charge is 2.52. The van der Waals surface area contributed by atoms with E-state index in [9.17, 15) is 19.8 Å². The van der Waals surface area contributed by atoms with E-state index in [0.29, 0.717) is 5.47 Å². The Labute approximate surface area is 146 Å². The van der Waals surface area contributed by atoms with Gasteiger partial charge in [0.1, 0.15) is 0 Å². The van der Waals surface area contributed by atoms with Crippen molar-refractivity contribution in [2.45, 2.75) is 38.9 Å². The molecule has 25 heavy (non-hydrogen) atoms. The first-order valence-electron chi connectivity index (χ1n) is 7.76. The minimum atomic E-state index is -1.26. The number of benzene rings is 1. The zero-order valence-electron chi connectivity index (χ0n) is 14.6. The summed E-state index contributed by atoms with van der Waals surface area (Å²) < 4.78 is 11.7. The van der Waals surface area contributed by atoms with E-state index < -0.39 is 36.9 Å². The van der Waals surface area contributed by atoms with Crippen molar-refractivity contribution in [3.8, 4) is 0 Å². The van der Waals surface area contributed by atoms with Gasteiger partial charge in [-0.2, -0.15) is 0 Å². The van der Waals surface area contributed by atoms with Crippen LogP contribution < -0.4 is 0 Å². The number of hydrogen-bond donors (Lipinski definition) is 3. The van der Waals surface area contributed by atoms with E-state index in [1.807, 2.05) is 27.7 Å². The first-order chi connectivity index (χ1) is 11.5. The molecule has 3 N–H and O–H groups in total. The van der Waals surface area contributed by atoms with E-state index in [1.165, 1.54) is 18.2 Å². The third kappa shape index (κ3) is 3.76. The molecule has 1 aliphatic rings. The van der Waals surface area contributed by atoms with Gasteiger partial charge in [0, 0.05) is 0 Å². The van der Waals surface area contributed by atoms with Gasteiger partial charge in [-0.1, -0.05) is 12.1 Å². The highest BCUT2D eigenvalue weighted by molar-refractivity contribution is 6.55. The van der Waals surface area contributed by atoms with Gasteiger partial charge in [0.25, 0.3) is 0 Å². The Morgan fingerprint density at radius 1 is 1.08 bits per heavy atom. The fraction of sp³-hybridized carbons (Fsp3) is 0.412. The fourth-order valence-corrected chi connectivity index (χ4v) is 2.38. The zero-order valence-corrected chi connectivity index (χ0v) is 14.6. The number of aliphatic hydroxyl groups is 1. The summed E-state index contributed by atoms with van der Waals surface area (Å²) in [5, 5.41) is 28.0. The van der Waals surface area contributed by atoms with Crippen molar-refractivity contribution in [1.29, 1.82) is 0 Å². The van der Waals surface area contributed by atoms with Gasteiger partial charge < -0.3 is 24.6 Å². The lowest BCUT2D eigenvalue weighted by Crippen LogP contribution is -2.41. The average molecular weight is 348 g/mol. The number of aromatic carboxylic acids is 2. The Hall–Kier alpha value is -2.16. The lowest BCUT2D eigenvalue weighted by Gasteiger charge is -2.32. The number of carboxylic acid groups (broad SMARTS) is 2. The third-order valence-electron chi connectivity index (χ3n) is 4.61. The molecule has 0 amide bonds. The largest absolute Gasteiger partial charge is 0.492 e. The molecule has 0 radical (unpaired) electrons. The maximum absolute atomic E-state index is 11.4. The molecule has 1 saturated heterocycles. The summed E-state index contributed by atoms with van der Waals surface area (Å²) >= 11 is 0. The zero-order chi connectivity index (χ0) is 19.0. The lowest BCUT2D eigenvalue weighted by molar-refractivity contribution is 0.00578. The van der Waals surface area contributed by atoms with Gasteiger partial charge in [0.2, 0.25) is 0 Å². The van der Waals surface area contributed by atoms with Gasteiger partial charge in [-0.05, 0) is 50.9 Å². The Balaban J connectivity index is 2.44. The van der Waals surface area contributed by atoms with Crippen molar-refractivity contribution < 1.29 is 34.2 Å². The summed E-state index contributed by atoms with van der Waals surface area (Å²) in [6, 6.07) is 3.77. The molecule has 1 heterocycles. The Morgan fingerprint density at radius 2 is 1.64 bits per heavy atom. The summed E-state index contributed by atoms with van der Waals surface area (Å²) in [5.41, 5.74) is -0.901. The summed E-state index contributed by atoms with van der Waals surface area (Å²) in [6.07, 6.45) is 1.46. The molecule has 0 bridgehead atoms. The van der Waals surface area contributed by atoms with E-state index in [4.69, 9.17) is 14.4 Å².